The fourth-order valence-electron chi connectivity index (χ4n) is 3.62. The molecule has 5 nitrogen and oxygen atoms in total. The molecule has 2 N–H and O–H groups in total. The van der Waals surface area contributed by atoms with Crippen molar-refractivity contribution in [2.75, 3.05) is 10.6 Å². The Balaban J connectivity index is 1.25. The number of benzene rings is 2. The van der Waals surface area contributed by atoms with E-state index in [1.165, 1.54) is 24.8 Å². The van der Waals surface area contributed by atoms with Gasteiger partial charge in [-0.05, 0) is 60.9 Å². The molecule has 2 aromatic heterocycles. The summed E-state index contributed by atoms with van der Waals surface area (Å²) in [5, 5.41) is 8.61. The van der Waals surface area contributed by atoms with Crippen LogP contribution in [0.5, 0.6) is 0 Å². The summed E-state index contributed by atoms with van der Waals surface area (Å²) < 4.78 is 0. The number of anilines is 3. The van der Waals surface area contributed by atoms with Crippen LogP contribution in [0.2, 0.25) is 5.02 Å². The molecule has 0 amide bonds. The summed E-state index contributed by atoms with van der Waals surface area (Å²) in [5.74, 6) is 2.39. The standard InChI is InChI=1S/C24H22ClN5/c25-18-6-9-20-21(10-12-26-22(20)14-18)29-19-7-4-16(5-8-19)15-28-23-11-13-27-24(30-23)17-2-1-3-17/h4-14,17H,1-3,15H2,(H,26,29)(H,27,28,30). The van der Waals surface area contributed by atoms with Crippen molar-refractivity contribution in [2.45, 2.75) is 31.7 Å². The van der Waals surface area contributed by atoms with Crippen LogP contribution in [0, 0.1) is 0 Å². The smallest absolute Gasteiger partial charge is 0.133 e. The highest BCUT2D eigenvalue weighted by atomic mass is 35.5. The first kappa shape index (κ1) is 18.8. The van der Waals surface area contributed by atoms with Gasteiger partial charge >= 0.3 is 0 Å². The van der Waals surface area contributed by atoms with Gasteiger partial charge in [-0.1, -0.05) is 30.2 Å². The minimum absolute atomic E-state index is 0.539. The SMILES string of the molecule is Clc1ccc2c(Nc3ccc(CNc4ccnc(C5CCC5)n4)cc3)ccnc2c1. The zero-order valence-electron chi connectivity index (χ0n) is 16.5. The van der Waals surface area contributed by atoms with Crippen molar-refractivity contribution in [2.24, 2.45) is 0 Å². The maximum Gasteiger partial charge on any atom is 0.133 e. The average Bonchev–Trinajstić information content (AvgIpc) is 2.72. The zero-order valence-corrected chi connectivity index (χ0v) is 17.2. The summed E-state index contributed by atoms with van der Waals surface area (Å²) in [6, 6.07) is 18.0. The van der Waals surface area contributed by atoms with Crippen molar-refractivity contribution in [1.29, 1.82) is 0 Å². The highest BCUT2D eigenvalue weighted by Gasteiger charge is 2.22. The Kier molecular flexibility index (Phi) is 5.20. The van der Waals surface area contributed by atoms with Crippen molar-refractivity contribution in [1.82, 2.24) is 15.0 Å². The van der Waals surface area contributed by atoms with E-state index in [0.29, 0.717) is 10.9 Å². The van der Waals surface area contributed by atoms with Crippen LogP contribution in [0.4, 0.5) is 17.2 Å². The zero-order chi connectivity index (χ0) is 20.3. The third-order valence-corrected chi connectivity index (χ3v) is 5.79. The molecule has 4 aromatic rings. The van der Waals surface area contributed by atoms with E-state index in [2.05, 4.69) is 49.9 Å². The van der Waals surface area contributed by atoms with Crippen molar-refractivity contribution in [3.05, 3.63) is 83.4 Å². The summed E-state index contributed by atoms with van der Waals surface area (Å²) in [5.41, 5.74) is 4.10. The predicted octanol–water partition coefficient (Wildman–Crippen LogP) is 6.30. The van der Waals surface area contributed by atoms with Gasteiger partial charge in [0.2, 0.25) is 0 Å². The van der Waals surface area contributed by atoms with E-state index in [1.54, 1.807) is 6.20 Å². The van der Waals surface area contributed by atoms with Crippen LogP contribution in [0.15, 0.2) is 67.0 Å². The molecule has 0 spiro atoms. The second-order valence-corrected chi connectivity index (χ2v) is 8.06. The maximum absolute atomic E-state index is 6.08. The molecule has 2 aromatic carbocycles. The first-order valence-corrected chi connectivity index (χ1v) is 10.6. The molecule has 1 fully saturated rings. The number of hydrogen-bond acceptors (Lipinski definition) is 5. The van der Waals surface area contributed by atoms with E-state index in [-0.39, 0.29) is 0 Å². The predicted molar refractivity (Wildman–Crippen MR) is 122 cm³/mol. The maximum atomic E-state index is 6.08. The van der Waals surface area contributed by atoms with Gasteiger partial charge in [-0.15, -0.1) is 0 Å². The second kappa shape index (κ2) is 8.28. The van der Waals surface area contributed by atoms with Crippen molar-refractivity contribution in [3.63, 3.8) is 0 Å². The molecule has 1 saturated carbocycles. The molecule has 1 aliphatic rings. The van der Waals surface area contributed by atoms with E-state index in [9.17, 15) is 0 Å². The van der Waals surface area contributed by atoms with Crippen LogP contribution in [-0.2, 0) is 6.54 Å². The van der Waals surface area contributed by atoms with Gasteiger partial charge in [0.25, 0.3) is 0 Å². The fraction of sp³-hybridized carbons (Fsp3) is 0.208. The molecule has 0 atom stereocenters. The van der Waals surface area contributed by atoms with Gasteiger partial charge in [0.15, 0.2) is 0 Å². The molecule has 5 rings (SSSR count). The number of hydrogen-bond donors (Lipinski definition) is 2. The van der Waals surface area contributed by atoms with Crippen LogP contribution in [0.1, 0.15) is 36.6 Å². The third-order valence-electron chi connectivity index (χ3n) is 5.56. The highest BCUT2D eigenvalue weighted by Crippen LogP contribution is 2.34. The molecule has 0 bridgehead atoms. The lowest BCUT2D eigenvalue weighted by Crippen LogP contribution is -2.13. The summed E-state index contributed by atoms with van der Waals surface area (Å²) in [7, 11) is 0. The third kappa shape index (κ3) is 4.07. The van der Waals surface area contributed by atoms with E-state index >= 15 is 0 Å². The lowest BCUT2D eigenvalue weighted by atomic mass is 9.85. The molecule has 1 aliphatic carbocycles. The molecule has 0 unspecified atom stereocenters. The van der Waals surface area contributed by atoms with Crippen LogP contribution in [0.25, 0.3) is 10.9 Å². The molecule has 0 saturated heterocycles. The number of rotatable bonds is 6. The van der Waals surface area contributed by atoms with E-state index in [0.717, 1.165) is 40.5 Å². The van der Waals surface area contributed by atoms with E-state index in [4.69, 9.17) is 11.6 Å². The molecule has 30 heavy (non-hydrogen) atoms. The van der Waals surface area contributed by atoms with Gasteiger partial charge in [-0.3, -0.25) is 4.98 Å². The molecule has 6 heteroatoms. The molecule has 2 heterocycles. The number of halogens is 1. The van der Waals surface area contributed by atoms with Crippen LogP contribution < -0.4 is 10.6 Å². The van der Waals surface area contributed by atoms with Gasteiger partial charge in [-0.2, -0.15) is 0 Å². The second-order valence-electron chi connectivity index (χ2n) is 7.62. The minimum Gasteiger partial charge on any atom is -0.366 e. The van der Waals surface area contributed by atoms with Crippen LogP contribution in [-0.4, -0.2) is 15.0 Å². The van der Waals surface area contributed by atoms with Gasteiger partial charge in [-0.25, -0.2) is 9.97 Å². The van der Waals surface area contributed by atoms with E-state index < -0.39 is 0 Å². The largest absolute Gasteiger partial charge is 0.366 e. The first-order valence-electron chi connectivity index (χ1n) is 10.2. The highest BCUT2D eigenvalue weighted by molar-refractivity contribution is 6.31. The van der Waals surface area contributed by atoms with Gasteiger partial charge in [0.05, 0.1) is 5.52 Å². The molecular formula is C24H22ClN5. The topological polar surface area (TPSA) is 62.7 Å². The van der Waals surface area contributed by atoms with Gasteiger partial charge < -0.3 is 10.6 Å². The number of pyridine rings is 1. The average molecular weight is 416 g/mol. The number of nitrogens with zero attached hydrogens (tertiary/aromatic N) is 3. The van der Waals surface area contributed by atoms with Crippen LogP contribution >= 0.6 is 11.6 Å². The van der Waals surface area contributed by atoms with Crippen LogP contribution in [0.3, 0.4) is 0 Å². The Morgan fingerprint density at radius 1 is 0.933 bits per heavy atom. The van der Waals surface area contributed by atoms with Crippen molar-refractivity contribution in [3.8, 4) is 0 Å². The molecule has 0 aliphatic heterocycles. The monoisotopic (exact) mass is 415 g/mol. The Hall–Kier alpha value is -3.18. The summed E-state index contributed by atoms with van der Waals surface area (Å²) >= 11 is 6.08. The minimum atomic E-state index is 0.539. The lowest BCUT2D eigenvalue weighted by molar-refractivity contribution is 0.401. The Morgan fingerprint density at radius 3 is 2.57 bits per heavy atom. The first-order chi connectivity index (χ1) is 14.7. The molecule has 0 radical (unpaired) electrons. The molecular weight excluding hydrogens is 394 g/mol. The molecule has 150 valence electrons. The Morgan fingerprint density at radius 2 is 1.77 bits per heavy atom. The van der Waals surface area contributed by atoms with Gasteiger partial charge in [0, 0.05) is 46.6 Å². The number of aromatic nitrogens is 3. The Labute approximate surface area is 180 Å². The fourth-order valence-corrected chi connectivity index (χ4v) is 3.79. The van der Waals surface area contributed by atoms with E-state index in [1.807, 2.05) is 36.5 Å². The summed E-state index contributed by atoms with van der Waals surface area (Å²) in [6.07, 6.45) is 7.34. The quantitative estimate of drug-likeness (QED) is 0.386. The summed E-state index contributed by atoms with van der Waals surface area (Å²) in [6.45, 7) is 0.720. The Bertz CT molecular complexity index is 1170. The number of fused-ring (bicyclic) bond motifs is 1. The van der Waals surface area contributed by atoms with Crippen molar-refractivity contribution >= 4 is 39.7 Å². The normalized spacial score (nSPS) is 13.8. The summed E-state index contributed by atoms with van der Waals surface area (Å²) in [4.78, 5) is 13.5. The van der Waals surface area contributed by atoms with Gasteiger partial charge in [0.1, 0.15) is 11.6 Å². The van der Waals surface area contributed by atoms with Crippen molar-refractivity contribution < 1.29 is 0 Å². The lowest BCUT2D eigenvalue weighted by Gasteiger charge is -2.23. The number of nitrogens with one attached hydrogen (secondary N) is 2.